The first-order valence-corrected chi connectivity index (χ1v) is 10.6. The highest BCUT2D eigenvalue weighted by molar-refractivity contribution is 5.66. The van der Waals surface area contributed by atoms with Crippen LogP contribution < -0.4 is 20.0 Å². The molecule has 0 aliphatic carbocycles. The Kier molecular flexibility index (Phi) is 6.11. The van der Waals surface area contributed by atoms with Crippen molar-refractivity contribution in [3.63, 3.8) is 0 Å². The first-order chi connectivity index (χ1) is 14.1. The molecule has 29 heavy (non-hydrogen) atoms. The number of ether oxygens (including phenoxy) is 1. The third-order valence-corrected chi connectivity index (χ3v) is 6.05. The third kappa shape index (κ3) is 4.60. The fraction of sp³-hybridized carbons (Fsp3) is 0.478. The van der Waals surface area contributed by atoms with Gasteiger partial charge in [-0.05, 0) is 43.8 Å². The van der Waals surface area contributed by atoms with Gasteiger partial charge in [0.25, 0.3) is 0 Å². The predicted octanol–water partition coefficient (Wildman–Crippen LogP) is 2.90. The lowest BCUT2D eigenvalue weighted by atomic mass is 10.1. The van der Waals surface area contributed by atoms with E-state index in [1.165, 1.54) is 16.9 Å². The van der Waals surface area contributed by atoms with Gasteiger partial charge in [0.1, 0.15) is 5.75 Å². The van der Waals surface area contributed by atoms with E-state index in [0.29, 0.717) is 0 Å². The Hall–Kier alpha value is -2.44. The smallest absolute Gasteiger partial charge is 0.142 e. The number of piperazine rings is 2. The summed E-state index contributed by atoms with van der Waals surface area (Å²) in [7, 11) is 3.94. The minimum Gasteiger partial charge on any atom is -0.495 e. The summed E-state index contributed by atoms with van der Waals surface area (Å²) in [5.74, 6) is 0.949. The van der Waals surface area contributed by atoms with Crippen molar-refractivity contribution >= 4 is 17.1 Å². The fourth-order valence-corrected chi connectivity index (χ4v) is 4.21. The number of para-hydroxylation sites is 1. The van der Waals surface area contributed by atoms with E-state index in [1.54, 1.807) is 7.11 Å². The Bertz CT molecular complexity index is 811. The molecule has 2 saturated heterocycles. The Morgan fingerprint density at radius 2 is 1.45 bits per heavy atom. The van der Waals surface area contributed by atoms with E-state index in [1.807, 2.05) is 0 Å². The first-order valence-electron chi connectivity index (χ1n) is 10.6. The van der Waals surface area contributed by atoms with Crippen LogP contribution in [0.25, 0.3) is 0 Å². The van der Waals surface area contributed by atoms with Gasteiger partial charge in [-0.15, -0.1) is 0 Å². The lowest BCUT2D eigenvalue weighted by Crippen LogP contribution is -2.48. The number of nitrogens with one attached hydrogen (secondary N) is 1. The van der Waals surface area contributed by atoms with Gasteiger partial charge in [-0.3, -0.25) is 0 Å². The van der Waals surface area contributed by atoms with Crippen molar-refractivity contribution in [1.29, 1.82) is 0 Å². The molecule has 0 bridgehead atoms. The van der Waals surface area contributed by atoms with Gasteiger partial charge < -0.3 is 24.9 Å². The number of likely N-dealkylation sites (N-methyl/N-ethyl adjacent to an activating group) is 1. The number of rotatable bonds is 5. The van der Waals surface area contributed by atoms with Crippen LogP contribution in [-0.2, 0) is 0 Å². The second kappa shape index (κ2) is 8.93. The number of hydrogen-bond acceptors (Lipinski definition) is 6. The molecule has 6 nitrogen and oxygen atoms in total. The van der Waals surface area contributed by atoms with Crippen LogP contribution in [0.1, 0.15) is 5.56 Å². The lowest BCUT2D eigenvalue weighted by Gasteiger charge is -2.38. The Morgan fingerprint density at radius 3 is 2.14 bits per heavy atom. The Balaban J connectivity index is 1.40. The molecule has 2 heterocycles. The van der Waals surface area contributed by atoms with E-state index in [2.05, 4.69) is 81.6 Å². The molecular formula is C23H33N5O. The van der Waals surface area contributed by atoms with Crippen LogP contribution in [0, 0.1) is 6.92 Å². The van der Waals surface area contributed by atoms with Crippen LogP contribution in [-0.4, -0.2) is 76.4 Å². The van der Waals surface area contributed by atoms with Gasteiger partial charge in [0, 0.05) is 58.0 Å². The number of methoxy groups -OCH3 is 1. The van der Waals surface area contributed by atoms with E-state index < -0.39 is 0 Å². The zero-order valence-electron chi connectivity index (χ0n) is 17.9. The molecule has 0 saturated carbocycles. The summed E-state index contributed by atoms with van der Waals surface area (Å²) in [6.07, 6.45) is 0. The van der Waals surface area contributed by atoms with Crippen LogP contribution in [0.5, 0.6) is 5.75 Å². The van der Waals surface area contributed by atoms with E-state index in [-0.39, 0.29) is 0 Å². The standard InChI is InChI=1S/C23H33N5O/c1-19-6-4-5-7-21(19)26-14-16-28(17-15-26)24-20-8-9-23(29-3)22(18-20)27-12-10-25(2)11-13-27/h4-9,18,24H,10-17H2,1-3H3. The number of hydrogen-bond donors (Lipinski definition) is 1. The highest BCUT2D eigenvalue weighted by Gasteiger charge is 2.20. The summed E-state index contributed by atoms with van der Waals surface area (Å²) in [5, 5.41) is 2.32. The average molecular weight is 396 g/mol. The molecule has 2 aliphatic rings. The molecule has 156 valence electrons. The highest BCUT2D eigenvalue weighted by atomic mass is 16.5. The van der Waals surface area contributed by atoms with Gasteiger partial charge >= 0.3 is 0 Å². The van der Waals surface area contributed by atoms with Crippen molar-refractivity contribution in [3.8, 4) is 5.75 Å². The number of nitrogens with zero attached hydrogens (tertiary/aromatic N) is 4. The van der Waals surface area contributed by atoms with Gasteiger partial charge in [0.05, 0.1) is 18.5 Å². The van der Waals surface area contributed by atoms with Crippen LogP contribution in [0.15, 0.2) is 42.5 Å². The van der Waals surface area contributed by atoms with E-state index >= 15 is 0 Å². The second-order valence-electron chi connectivity index (χ2n) is 8.05. The third-order valence-electron chi connectivity index (χ3n) is 6.05. The molecule has 1 N–H and O–H groups in total. The fourth-order valence-electron chi connectivity index (χ4n) is 4.21. The molecule has 0 spiro atoms. The van der Waals surface area contributed by atoms with Crippen molar-refractivity contribution in [2.24, 2.45) is 0 Å². The van der Waals surface area contributed by atoms with E-state index in [4.69, 9.17) is 4.74 Å². The summed E-state index contributed by atoms with van der Waals surface area (Å²) in [6, 6.07) is 15.1. The average Bonchev–Trinajstić information content (AvgIpc) is 2.75. The topological polar surface area (TPSA) is 34.2 Å². The lowest BCUT2D eigenvalue weighted by molar-refractivity contribution is 0.307. The van der Waals surface area contributed by atoms with Crippen molar-refractivity contribution in [2.75, 3.05) is 81.7 Å². The van der Waals surface area contributed by atoms with Crippen LogP contribution in [0.4, 0.5) is 17.1 Å². The molecule has 0 amide bonds. The van der Waals surface area contributed by atoms with Crippen LogP contribution in [0.2, 0.25) is 0 Å². The van der Waals surface area contributed by atoms with Crippen LogP contribution >= 0.6 is 0 Å². The summed E-state index contributed by atoms with van der Waals surface area (Å²) in [5.41, 5.74) is 8.64. The predicted molar refractivity (Wildman–Crippen MR) is 121 cm³/mol. The molecule has 0 radical (unpaired) electrons. The maximum Gasteiger partial charge on any atom is 0.142 e. The van der Waals surface area contributed by atoms with Crippen molar-refractivity contribution in [3.05, 3.63) is 48.0 Å². The molecule has 2 aliphatic heterocycles. The SMILES string of the molecule is COc1ccc(NN2CCN(c3ccccc3C)CC2)cc1N1CCN(C)CC1. The number of anilines is 3. The molecule has 2 aromatic carbocycles. The number of hydrazine groups is 1. The Labute approximate surface area is 174 Å². The molecular weight excluding hydrogens is 362 g/mol. The van der Waals surface area contributed by atoms with Crippen LogP contribution in [0.3, 0.4) is 0 Å². The summed E-state index contributed by atoms with van der Waals surface area (Å²) >= 11 is 0. The van der Waals surface area contributed by atoms with E-state index in [0.717, 1.165) is 63.8 Å². The quantitative estimate of drug-likeness (QED) is 0.839. The Morgan fingerprint density at radius 1 is 0.793 bits per heavy atom. The van der Waals surface area contributed by atoms with Gasteiger partial charge in [-0.2, -0.15) is 0 Å². The van der Waals surface area contributed by atoms with Gasteiger partial charge in [-0.25, -0.2) is 5.01 Å². The minimum atomic E-state index is 0.949. The monoisotopic (exact) mass is 395 g/mol. The minimum absolute atomic E-state index is 0.949. The summed E-state index contributed by atoms with van der Waals surface area (Å²) < 4.78 is 5.64. The molecule has 2 aromatic rings. The zero-order valence-corrected chi connectivity index (χ0v) is 17.9. The van der Waals surface area contributed by atoms with Gasteiger partial charge in [0.2, 0.25) is 0 Å². The maximum absolute atomic E-state index is 5.64. The first kappa shape index (κ1) is 19.9. The summed E-state index contributed by atoms with van der Waals surface area (Å²) in [4.78, 5) is 7.29. The highest BCUT2D eigenvalue weighted by Crippen LogP contribution is 2.32. The molecule has 2 fully saturated rings. The van der Waals surface area contributed by atoms with Crippen molar-refractivity contribution < 1.29 is 4.74 Å². The second-order valence-corrected chi connectivity index (χ2v) is 8.05. The molecule has 0 unspecified atom stereocenters. The normalized spacial score (nSPS) is 18.7. The maximum atomic E-state index is 5.64. The number of aryl methyl sites for hydroxylation is 1. The summed E-state index contributed by atoms with van der Waals surface area (Å²) in [6.45, 7) is 10.5. The molecule has 0 atom stereocenters. The van der Waals surface area contributed by atoms with Crippen molar-refractivity contribution in [1.82, 2.24) is 9.91 Å². The zero-order chi connectivity index (χ0) is 20.2. The largest absolute Gasteiger partial charge is 0.495 e. The number of benzene rings is 2. The van der Waals surface area contributed by atoms with Gasteiger partial charge in [-0.1, -0.05) is 18.2 Å². The molecule has 4 rings (SSSR count). The van der Waals surface area contributed by atoms with Gasteiger partial charge in [0.15, 0.2) is 0 Å². The molecule has 6 heteroatoms. The molecule has 0 aromatic heterocycles. The van der Waals surface area contributed by atoms with E-state index in [9.17, 15) is 0 Å². The van der Waals surface area contributed by atoms with Crippen molar-refractivity contribution in [2.45, 2.75) is 6.92 Å².